The van der Waals surface area contributed by atoms with E-state index in [0.29, 0.717) is 24.1 Å². The van der Waals surface area contributed by atoms with E-state index in [2.05, 4.69) is 5.32 Å². The van der Waals surface area contributed by atoms with Crippen LogP contribution in [0.4, 0.5) is 0 Å². The van der Waals surface area contributed by atoms with Crippen molar-refractivity contribution in [3.8, 4) is 0 Å². The Balaban J connectivity index is 2.17. The summed E-state index contributed by atoms with van der Waals surface area (Å²) in [5.74, 6) is 0.933. The molecule has 1 fully saturated rings. The fourth-order valence-corrected chi connectivity index (χ4v) is 5.19. The first-order valence-corrected chi connectivity index (χ1v) is 9.44. The Morgan fingerprint density at radius 2 is 2.05 bits per heavy atom. The summed E-state index contributed by atoms with van der Waals surface area (Å²) in [5.41, 5.74) is 0. The normalized spacial score (nSPS) is 19.9. The highest BCUT2D eigenvalue weighted by molar-refractivity contribution is 8.00. The summed E-state index contributed by atoms with van der Waals surface area (Å²) in [7, 11) is -3.62. The molecule has 1 aliphatic rings. The highest BCUT2D eigenvalue weighted by Gasteiger charge is 2.39. The fraction of sp³-hybridized carbons (Fsp3) is 0.500. The van der Waals surface area contributed by atoms with Crippen LogP contribution in [0.2, 0.25) is 0 Å². The van der Waals surface area contributed by atoms with E-state index in [0.717, 1.165) is 0 Å². The molecule has 0 aromatic heterocycles. The molecule has 0 aliphatic carbocycles. The van der Waals surface area contributed by atoms with Gasteiger partial charge in [-0.2, -0.15) is 4.31 Å². The van der Waals surface area contributed by atoms with E-state index in [1.165, 1.54) is 16.1 Å². The summed E-state index contributed by atoms with van der Waals surface area (Å²) in [4.78, 5) is 12.4. The van der Waals surface area contributed by atoms with E-state index in [4.69, 9.17) is 0 Å². The standard InChI is InChI=1S/C14H20N2O3S2/c1-11(2)8-15-14(17)13-9-20-10-16(13)21(18,19)12-6-4-3-5-7-12/h3-7,11,13H,8-10H2,1-2H3,(H,15,17). The Morgan fingerprint density at radius 1 is 1.38 bits per heavy atom. The molecule has 1 aliphatic heterocycles. The van der Waals surface area contributed by atoms with E-state index in [1.54, 1.807) is 30.3 Å². The van der Waals surface area contributed by atoms with Crippen molar-refractivity contribution in [3.63, 3.8) is 0 Å². The van der Waals surface area contributed by atoms with Crippen molar-refractivity contribution in [2.45, 2.75) is 24.8 Å². The van der Waals surface area contributed by atoms with Gasteiger partial charge in [0.1, 0.15) is 6.04 Å². The maximum absolute atomic E-state index is 12.6. The molecule has 1 amide bonds. The van der Waals surface area contributed by atoms with Gasteiger partial charge in [0.05, 0.1) is 10.8 Å². The molecule has 0 spiro atoms. The van der Waals surface area contributed by atoms with Gasteiger partial charge < -0.3 is 5.32 Å². The molecule has 21 heavy (non-hydrogen) atoms. The maximum Gasteiger partial charge on any atom is 0.244 e. The zero-order valence-corrected chi connectivity index (χ0v) is 13.8. The van der Waals surface area contributed by atoms with Crippen LogP contribution in [0, 0.1) is 5.92 Å². The van der Waals surface area contributed by atoms with E-state index in [9.17, 15) is 13.2 Å². The van der Waals surface area contributed by atoms with Crippen molar-refractivity contribution in [1.29, 1.82) is 0 Å². The topological polar surface area (TPSA) is 66.5 Å². The molecule has 7 heteroatoms. The molecular weight excluding hydrogens is 308 g/mol. The molecule has 0 bridgehead atoms. The molecule has 1 N–H and O–H groups in total. The highest BCUT2D eigenvalue weighted by Crippen LogP contribution is 2.28. The average molecular weight is 328 g/mol. The van der Waals surface area contributed by atoms with Crippen LogP contribution >= 0.6 is 11.8 Å². The van der Waals surface area contributed by atoms with Crippen molar-refractivity contribution >= 4 is 27.7 Å². The smallest absolute Gasteiger partial charge is 0.244 e. The second kappa shape index (κ2) is 6.81. The lowest BCUT2D eigenvalue weighted by Crippen LogP contribution is -2.47. The monoisotopic (exact) mass is 328 g/mol. The molecule has 0 saturated carbocycles. The molecule has 5 nitrogen and oxygen atoms in total. The Hall–Kier alpha value is -1.05. The third-order valence-electron chi connectivity index (χ3n) is 3.18. The van der Waals surface area contributed by atoms with Gasteiger partial charge in [-0.05, 0) is 18.1 Å². The number of sulfonamides is 1. The predicted molar refractivity (Wildman–Crippen MR) is 84.4 cm³/mol. The number of hydrogen-bond acceptors (Lipinski definition) is 4. The van der Waals surface area contributed by atoms with Crippen molar-refractivity contribution in [2.75, 3.05) is 18.2 Å². The van der Waals surface area contributed by atoms with Crippen molar-refractivity contribution < 1.29 is 13.2 Å². The SMILES string of the molecule is CC(C)CNC(=O)C1CSCN1S(=O)(=O)c1ccccc1. The molecule has 116 valence electrons. The van der Waals surface area contributed by atoms with Crippen molar-refractivity contribution in [2.24, 2.45) is 5.92 Å². The van der Waals surface area contributed by atoms with Gasteiger partial charge in [0, 0.05) is 12.3 Å². The molecule has 0 radical (unpaired) electrons. The second-order valence-corrected chi connectivity index (χ2v) is 8.25. The van der Waals surface area contributed by atoms with Crippen LogP contribution in [0.3, 0.4) is 0 Å². The Kier molecular flexibility index (Phi) is 5.29. The quantitative estimate of drug-likeness (QED) is 0.890. The lowest BCUT2D eigenvalue weighted by molar-refractivity contribution is -0.123. The fourth-order valence-electron chi connectivity index (χ4n) is 2.02. The van der Waals surface area contributed by atoms with Crippen molar-refractivity contribution in [3.05, 3.63) is 30.3 Å². The van der Waals surface area contributed by atoms with Crippen molar-refractivity contribution in [1.82, 2.24) is 9.62 Å². The van der Waals surface area contributed by atoms with Crippen LogP contribution in [0.25, 0.3) is 0 Å². The number of carbonyl (C=O) groups is 1. The summed E-state index contributed by atoms with van der Waals surface area (Å²) < 4.78 is 26.5. The van der Waals surface area contributed by atoms with Crippen LogP contribution in [-0.4, -0.2) is 42.8 Å². The number of amides is 1. The molecule has 1 atom stereocenters. The van der Waals surface area contributed by atoms with Gasteiger partial charge in [-0.15, -0.1) is 11.8 Å². The lowest BCUT2D eigenvalue weighted by Gasteiger charge is -2.23. The summed E-state index contributed by atoms with van der Waals surface area (Å²) in [6, 6.07) is 7.63. The molecular formula is C14H20N2O3S2. The number of benzene rings is 1. The maximum atomic E-state index is 12.6. The number of hydrogen-bond donors (Lipinski definition) is 1. The summed E-state index contributed by atoms with van der Waals surface area (Å²) in [6.45, 7) is 4.56. The van der Waals surface area contributed by atoms with Crippen LogP contribution in [0.5, 0.6) is 0 Å². The minimum atomic E-state index is -3.62. The molecule has 2 rings (SSSR count). The summed E-state index contributed by atoms with van der Waals surface area (Å²) in [6.07, 6.45) is 0. The molecule has 1 saturated heterocycles. The summed E-state index contributed by atoms with van der Waals surface area (Å²) in [5, 5.41) is 2.82. The van der Waals surface area contributed by atoms with Gasteiger partial charge in [0.2, 0.25) is 15.9 Å². The van der Waals surface area contributed by atoms with E-state index in [1.807, 2.05) is 13.8 Å². The number of carbonyl (C=O) groups excluding carboxylic acids is 1. The van der Waals surface area contributed by atoms with E-state index >= 15 is 0 Å². The molecule has 1 aromatic rings. The Bertz CT molecular complexity index is 587. The van der Waals surface area contributed by atoms with Crippen LogP contribution < -0.4 is 5.32 Å². The van der Waals surface area contributed by atoms with Gasteiger partial charge in [0.25, 0.3) is 0 Å². The van der Waals surface area contributed by atoms with Gasteiger partial charge in [0.15, 0.2) is 0 Å². The lowest BCUT2D eigenvalue weighted by atomic mass is 10.2. The van der Waals surface area contributed by atoms with Crippen LogP contribution in [0.15, 0.2) is 35.2 Å². The molecule has 1 unspecified atom stereocenters. The highest BCUT2D eigenvalue weighted by atomic mass is 32.2. The van der Waals surface area contributed by atoms with Crippen LogP contribution in [-0.2, 0) is 14.8 Å². The third kappa shape index (κ3) is 3.78. The first kappa shape index (κ1) is 16.3. The van der Waals surface area contributed by atoms with Gasteiger partial charge in [-0.1, -0.05) is 32.0 Å². The van der Waals surface area contributed by atoms with Gasteiger partial charge >= 0.3 is 0 Å². The first-order chi connectivity index (χ1) is 9.93. The minimum Gasteiger partial charge on any atom is -0.354 e. The number of nitrogens with one attached hydrogen (secondary N) is 1. The predicted octanol–water partition coefficient (Wildman–Crippen LogP) is 1.52. The van der Waals surface area contributed by atoms with Crippen LogP contribution in [0.1, 0.15) is 13.8 Å². The number of nitrogens with zero attached hydrogens (tertiary/aromatic N) is 1. The van der Waals surface area contributed by atoms with E-state index < -0.39 is 16.1 Å². The largest absolute Gasteiger partial charge is 0.354 e. The van der Waals surface area contributed by atoms with Gasteiger partial charge in [-0.3, -0.25) is 4.79 Å². The minimum absolute atomic E-state index is 0.215. The summed E-state index contributed by atoms with van der Waals surface area (Å²) >= 11 is 1.46. The van der Waals surface area contributed by atoms with Gasteiger partial charge in [-0.25, -0.2) is 8.42 Å². The number of rotatable bonds is 5. The molecule has 1 heterocycles. The Morgan fingerprint density at radius 3 is 2.67 bits per heavy atom. The Labute approximate surface area is 130 Å². The average Bonchev–Trinajstić information content (AvgIpc) is 2.96. The van der Waals surface area contributed by atoms with E-state index in [-0.39, 0.29) is 10.8 Å². The zero-order chi connectivity index (χ0) is 15.5. The second-order valence-electron chi connectivity index (χ2n) is 5.36. The zero-order valence-electron chi connectivity index (χ0n) is 12.2. The molecule has 1 aromatic carbocycles. The third-order valence-corrected chi connectivity index (χ3v) is 6.22. The first-order valence-electron chi connectivity index (χ1n) is 6.85. The number of thioether (sulfide) groups is 1.